The van der Waals surface area contributed by atoms with E-state index in [4.69, 9.17) is 4.74 Å². The monoisotopic (exact) mass is 267 g/mol. The topological polar surface area (TPSA) is 21.3 Å². The van der Waals surface area contributed by atoms with Crippen LogP contribution < -0.4 is 5.32 Å². The molecule has 1 atom stereocenters. The summed E-state index contributed by atoms with van der Waals surface area (Å²) in [5, 5.41) is 3.39. The maximum atomic E-state index is 13.9. The van der Waals surface area contributed by atoms with Crippen LogP contribution in [-0.2, 0) is 4.74 Å². The Morgan fingerprint density at radius 1 is 1.21 bits per heavy atom. The van der Waals surface area contributed by atoms with Gasteiger partial charge in [0.25, 0.3) is 0 Å². The third-order valence-electron chi connectivity index (χ3n) is 3.08. The van der Waals surface area contributed by atoms with Crippen LogP contribution in [0.1, 0.15) is 45.1 Å². The smallest absolute Gasteiger partial charge is 0.126 e. The summed E-state index contributed by atoms with van der Waals surface area (Å²) in [6, 6.07) is 7.45. The average molecular weight is 267 g/mol. The van der Waals surface area contributed by atoms with Crippen LogP contribution in [0, 0.1) is 5.82 Å². The maximum Gasteiger partial charge on any atom is 0.126 e. The van der Waals surface area contributed by atoms with Crippen molar-refractivity contribution in [3.05, 3.63) is 35.6 Å². The van der Waals surface area contributed by atoms with E-state index >= 15 is 0 Å². The molecule has 0 fully saturated rings. The van der Waals surface area contributed by atoms with Crippen LogP contribution in [0.5, 0.6) is 0 Å². The Labute approximate surface area is 116 Å². The standard InChI is InChI=1S/C16H26FNO/c1-4-10-19-11-9-14(12-18-13(2)3)15-7-5-6-8-16(15)17/h5-8,13-14,18H,4,9-12H2,1-3H3. The molecule has 0 heterocycles. The zero-order valence-corrected chi connectivity index (χ0v) is 12.3. The molecule has 1 rings (SSSR count). The average Bonchev–Trinajstić information content (AvgIpc) is 2.39. The first-order valence-electron chi connectivity index (χ1n) is 7.20. The molecule has 0 aliphatic rings. The van der Waals surface area contributed by atoms with Crippen LogP contribution in [-0.4, -0.2) is 25.8 Å². The van der Waals surface area contributed by atoms with Crippen LogP contribution in [0.15, 0.2) is 24.3 Å². The van der Waals surface area contributed by atoms with Crippen molar-refractivity contribution < 1.29 is 9.13 Å². The highest BCUT2D eigenvalue weighted by atomic mass is 19.1. The first kappa shape index (κ1) is 16.1. The molecular weight excluding hydrogens is 241 g/mol. The van der Waals surface area contributed by atoms with Gasteiger partial charge in [-0.1, -0.05) is 39.0 Å². The normalized spacial score (nSPS) is 12.9. The van der Waals surface area contributed by atoms with Crippen LogP contribution in [0.4, 0.5) is 4.39 Å². The van der Waals surface area contributed by atoms with Gasteiger partial charge in [0.2, 0.25) is 0 Å². The highest BCUT2D eigenvalue weighted by molar-refractivity contribution is 5.22. The first-order chi connectivity index (χ1) is 9.15. The van der Waals surface area contributed by atoms with Gasteiger partial charge in [0, 0.05) is 31.7 Å². The van der Waals surface area contributed by atoms with Gasteiger partial charge < -0.3 is 10.1 Å². The Morgan fingerprint density at radius 2 is 1.95 bits per heavy atom. The van der Waals surface area contributed by atoms with E-state index in [2.05, 4.69) is 26.1 Å². The molecule has 1 unspecified atom stereocenters. The van der Waals surface area contributed by atoms with Gasteiger partial charge in [-0.2, -0.15) is 0 Å². The van der Waals surface area contributed by atoms with Crippen LogP contribution >= 0.6 is 0 Å². The lowest BCUT2D eigenvalue weighted by molar-refractivity contribution is 0.126. The molecule has 1 N–H and O–H groups in total. The van der Waals surface area contributed by atoms with Gasteiger partial charge in [0.1, 0.15) is 5.82 Å². The Balaban J connectivity index is 2.60. The second kappa shape index (κ2) is 9.05. The molecular formula is C16H26FNO. The van der Waals surface area contributed by atoms with Crippen molar-refractivity contribution in [2.24, 2.45) is 0 Å². The van der Waals surface area contributed by atoms with Gasteiger partial charge in [-0.3, -0.25) is 0 Å². The second-order valence-corrected chi connectivity index (χ2v) is 5.18. The number of nitrogens with one attached hydrogen (secondary N) is 1. The molecule has 1 aromatic rings. The van der Waals surface area contributed by atoms with Gasteiger partial charge in [0.05, 0.1) is 0 Å². The van der Waals surface area contributed by atoms with Crippen molar-refractivity contribution in [2.45, 2.75) is 45.6 Å². The summed E-state index contributed by atoms with van der Waals surface area (Å²) in [7, 11) is 0. The predicted molar refractivity (Wildman–Crippen MR) is 78.0 cm³/mol. The van der Waals surface area contributed by atoms with Crippen molar-refractivity contribution in [3.8, 4) is 0 Å². The number of rotatable bonds is 9. The molecule has 0 saturated heterocycles. The van der Waals surface area contributed by atoms with Crippen LogP contribution in [0.3, 0.4) is 0 Å². The minimum absolute atomic E-state index is 0.117. The van der Waals surface area contributed by atoms with Crippen LogP contribution in [0.25, 0.3) is 0 Å². The summed E-state index contributed by atoms with van der Waals surface area (Å²) in [5.74, 6) is 0.0500. The van der Waals surface area contributed by atoms with E-state index < -0.39 is 0 Å². The lowest BCUT2D eigenvalue weighted by atomic mass is 9.95. The van der Waals surface area contributed by atoms with E-state index in [1.165, 1.54) is 6.07 Å². The lowest BCUT2D eigenvalue weighted by Gasteiger charge is -2.20. The number of hydrogen-bond donors (Lipinski definition) is 1. The fourth-order valence-electron chi connectivity index (χ4n) is 2.02. The van der Waals surface area contributed by atoms with Crippen molar-refractivity contribution in [1.82, 2.24) is 5.32 Å². The van der Waals surface area contributed by atoms with Crippen molar-refractivity contribution in [2.75, 3.05) is 19.8 Å². The van der Waals surface area contributed by atoms with Crippen molar-refractivity contribution in [3.63, 3.8) is 0 Å². The highest BCUT2D eigenvalue weighted by Gasteiger charge is 2.15. The van der Waals surface area contributed by atoms with Gasteiger partial charge >= 0.3 is 0 Å². The second-order valence-electron chi connectivity index (χ2n) is 5.18. The molecule has 19 heavy (non-hydrogen) atoms. The van der Waals surface area contributed by atoms with E-state index in [1.807, 2.05) is 12.1 Å². The molecule has 0 radical (unpaired) electrons. The number of ether oxygens (including phenoxy) is 1. The summed E-state index contributed by atoms with van der Waals surface area (Å²) in [4.78, 5) is 0. The van der Waals surface area contributed by atoms with Crippen molar-refractivity contribution in [1.29, 1.82) is 0 Å². The van der Waals surface area contributed by atoms with Gasteiger partial charge in [-0.25, -0.2) is 4.39 Å². The molecule has 1 aromatic carbocycles. The zero-order valence-electron chi connectivity index (χ0n) is 12.3. The fraction of sp³-hybridized carbons (Fsp3) is 0.625. The molecule has 0 aliphatic heterocycles. The largest absolute Gasteiger partial charge is 0.381 e. The summed E-state index contributed by atoms with van der Waals surface area (Å²) >= 11 is 0. The molecule has 108 valence electrons. The summed E-state index contributed by atoms with van der Waals surface area (Å²) in [6.45, 7) is 8.55. The Hall–Kier alpha value is -0.930. The minimum Gasteiger partial charge on any atom is -0.381 e. The molecule has 3 heteroatoms. The van der Waals surface area contributed by atoms with Gasteiger partial charge in [-0.15, -0.1) is 0 Å². The predicted octanol–water partition coefficient (Wildman–Crippen LogP) is 3.72. The molecule has 0 amide bonds. The Morgan fingerprint density at radius 3 is 2.58 bits per heavy atom. The van der Waals surface area contributed by atoms with E-state index in [-0.39, 0.29) is 11.7 Å². The lowest BCUT2D eigenvalue weighted by Crippen LogP contribution is -2.29. The Kier molecular flexibility index (Phi) is 7.68. The quantitative estimate of drug-likeness (QED) is 0.688. The fourth-order valence-corrected chi connectivity index (χ4v) is 2.02. The van der Waals surface area contributed by atoms with Gasteiger partial charge in [-0.05, 0) is 24.5 Å². The number of benzene rings is 1. The SMILES string of the molecule is CCCOCCC(CNC(C)C)c1ccccc1F. The minimum atomic E-state index is -0.117. The third-order valence-corrected chi connectivity index (χ3v) is 3.08. The Bertz CT molecular complexity index is 354. The van der Waals surface area contributed by atoms with E-state index in [9.17, 15) is 4.39 Å². The third kappa shape index (κ3) is 6.17. The van der Waals surface area contributed by atoms with Crippen LogP contribution in [0.2, 0.25) is 0 Å². The summed E-state index contributed by atoms with van der Waals surface area (Å²) < 4.78 is 19.4. The van der Waals surface area contributed by atoms with E-state index in [0.29, 0.717) is 12.6 Å². The zero-order chi connectivity index (χ0) is 14.1. The molecule has 0 bridgehead atoms. The summed E-state index contributed by atoms with van der Waals surface area (Å²) in [5.41, 5.74) is 0.788. The van der Waals surface area contributed by atoms with Gasteiger partial charge in [0.15, 0.2) is 0 Å². The van der Waals surface area contributed by atoms with E-state index in [0.717, 1.165) is 31.6 Å². The molecule has 0 saturated carbocycles. The highest BCUT2D eigenvalue weighted by Crippen LogP contribution is 2.22. The first-order valence-corrected chi connectivity index (χ1v) is 7.20. The molecule has 0 spiro atoms. The van der Waals surface area contributed by atoms with E-state index in [1.54, 1.807) is 6.07 Å². The molecule has 0 aliphatic carbocycles. The molecule has 0 aromatic heterocycles. The summed E-state index contributed by atoms with van der Waals surface area (Å²) in [6.07, 6.45) is 1.87. The molecule has 2 nitrogen and oxygen atoms in total. The number of halogens is 1. The number of hydrogen-bond acceptors (Lipinski definition) is 2. The van der Waals surface area contributed by atoms with Crippen molar-refractivity contribution >= 4 is 0 Å². The maximum absolute atomic E-state index is 13.9.